The lowest BCUT2D eigenvalue weighted by Gasteiger charge is -2.10. The van der Waals surface area contributed by atoms with Crippen LogP contribution in [0.15, 0.2) is 54.6 Å². The predicted molar refractivity (Wildman–Crippen MR) is 118 cm³/mol. The first-order valence-electron chi connectivity index (χ1n) is 9.44. The van der Waals surface area contributed by atoms with E-state index in [0.717, 1.165) is 32.7 Å². The number of pyridine rings is 1. The van der Waals surface area contributed by atoms with Crippen LogP contribution < -0.4 is 10.9 Å². The number of thiazole rings is 1. The van der Waals surface area contributed by atoms with Gasteiger partial charge in [0.1, 0.15) is 9.88 Å². The van der Waals surface area contributed by atoms with E-state index < -0.39 is 11.8 Å². The smallest absolute Gasteiger partial charge is 0.267 e. The number of nitrogens with one attached hydrogen (secondary N) is 2. The molecule has 30 heavy (non-hydrogen) atoms. The van der Waals surface area contributed by atoms with Crippen molar-refractivity contribution in [1.29, 1.82) is 0 Å². The fourth-order valence-electron chi connectivity index (χ4n) is 3.21. The van der Waals surface area contributed by atoms with E-state index in [4.69, 9.17) is 0 Å². The monoisotopic (exact) mass is 416 g/mol. The van der Waals surface area contributed by atoms with Crippen LogP contribution in [0.25, 0.3) is 21.5 Å². The first-order valence-corrected chi connectivity index (χ1v) is 10.3. The summed E-state index contributed by atoms with van der Waals surface area (Å²) in [5.74, 6) is -0.790. The van der Waals surface area contributed by atoms with Gasteiger partial charge in [0.15, 0.2) is 0 Å². The average molecular weight is 417 g/mol. The lowest BCUT2D eigenvalue weighted by atomic mass is 10.0. The molecule has 0 unspecified atom stereocenters. The predicted octanol–water partition coefficient (Wildman–Crippen LogP) is 4.36. The maximum absolute atomic E-state index is 12.8. The van der Waals surface area contributed by atoms with Gasteiger partial charge in [0.2, 0.25) is 0 Å². The minimum atomic E-state index is -0.396. The van der Waals surface area contributed by atoms with Gasteiger partial charge < -0.3 is 0 Å². The first kappa shape index (κ1) is 19.7. The van der Waals surface area contributed by atoms with Crippen LogP contribution in [0.4, 0.5) is 0 Å². The Kier molecular flexibility index (Phi) is 5.29. The minimum Gasteiger partial charge on any atom is -0.267 e. The van der Waals surface area contributed by atoms with Crippen molar-refractivity contribution in [3.63, 3.8) is 0 Å². The molecule has 0 aliphatic rings. The van der Waals surface area contributed by atoms with E-state index in [9.17, 15) is 9.59 Å². The van der Waals surface area contributed by atoms with Gasteiger partial charge in [-0.3, -0.25) is 25.4 Å². The molecular formula is C23H20N4O2S. The van der Waals surface area contributed by atoms with Gasteiger partial charge in [-0.2, -0.15) is 0 Å². The number of hydrogen-bond acceptors (Lipinski definition) is 5. The fourth-order valence-corrected chi connectivity index (χ4v) is 4.18. The fraction of sp³-hybridized carbons (Fsp3) is 0.130. The number of hydrogen-bond donors (Lipinski definition) is 2. The van der Waals surface area contributed by atoms with Crippen LogP contribution in [0.5, 0.6) is 0 Å². The van der Waals surface area contributed by atoms with E-state index in [1.165, 1.54) is 11.3 Å². The number of carbonyl (C=O) groups is 2. The molecule has 4 rings (SSSR count). The van der Waals surface area contributed by atoms with Gasteiger partial charge in [0, 0.05) is 16.6 Å². The summed E-state index contributed by atoms with van der Waals surface area (Å²) in [6.07, 6.45) is 0. The molecule has 0 atom stereocenters. The third kappa shape index (κ3) is 3.92. The summed E-state index contributed by atoms with van der Waals surface area (Å²) in [6, 6.07) is 17.1. The summed E-state index contributed by atoms with van der Waals surface area (Å²) in [5, 5.41) is 1.50. The van der Waals surface area contributed by atoms with Crippen LogP contribution in [-0.4, -0.2) is 21.8 Å². The highest BCUT2D eigenvalue weighted by molar-refractivity contribution is 7.17. The zero-order chi connectivity index (χ0) is 21.3. The molecule has 0 bridgehead atoms. The Morgan fingerprint density at radius 1 is 0.867 bits per heavy atom. The molecule has 2 aromatic heterocycles. The highest BCUT2D eigenvalue weighted by Gasteiger charge is 2.18. The standard InChI is InChI=1S/C23H20N4O2S/c1-13-9-10-19-17(11-13)18(12-14(2)24-19)21(28)26-27-22(29)20-15(3)25-23(30-20)16-7-5-4-6-8-16/h4-12H,1-3H3,(H,26,28)(H,27,29). The molecule has 0 aliphatic carbocycles. The van der Waals surface area contributed by atoms with E-state index >= 15 is 0 Å². The van der Waals surface area contributed by atoms with E-state index in [2.05, 4.69) is 20.8 Å². The van der Waals surface area contributed by atoms with Crippen LogP contribution in [0.3, 0.4) is 0 Å². The van der Waals surface area contributed by atoms with Crippen molar-refractivity contribution in [2.45, 2.75) is 20.8 Å². The van der Waals surface area contributed by atoms with Gasteiger partial charge in [-0.05, 0) is 39.0 Å². The summed E-state index contributed by atoms with van der Waals surface area (Å²) in [4.78, 5) is 34.9. The van der Waals surface area contributed by atoms with Gasteiger partial charge >= 0.3 is 0 Å². The number of aryl methyl sites for hydroxylation is 3. The van der Waals surface area contributed by atoms with Crippen LogP contribution in [-0.2, 0) is 0 Å². The van der Waals surface area contributed by atoms with E-state index in [-0.39, 0.29) is 0 Å². The van der Waals surface area contributed by atoms with Gasteiger partial charge in [-0.25, -0.2) is 4.98 Å². The number of fused-ring (bicyclic) bond motifs is 1. The number of rotatable bonds is 3. The Labute approximate surface area is 178 Å². The number of hydrazine groups is 1. The maximum atomic E-state index is 12.8. The number of aromatic nitrogens is 2. The Bertz CT molecular complexity index is 1270. The van der Waals surface area contributed by atoms with Crippen LogP contribution in [0, 0.1) is 20.8 Å². The van der Waals surface area contributed by atoms with Crippen LogP contribution in [0.2, 0.25) is 0 Å². The molecule has 0 radical (unpaired) electrons. The topological polar surface area (TPSA) is 84.0 Å². The van der Waals surface area contributed by atoms with Gasteiger partial charge in [-0.1, -0.05) is 42.0 Å². The van der Waals surface area contributed by atoms with E-state index in [1.54, 1.807) is 13.0 Å². The quantitative estimate of drug-likeness (QED) is 0.486. The Hall–Kier alpha value is -3.58. The van der Waals surface area contributed by atoms with Gasteiger partial charge in [-0.15, -0.1) is 11.3 Å². The highest BCUT2D eigenvalue weighted by Crippen LogP contribution is 2.27. The van der Waals surface area contributed by atoms with Gasteiger partial charge in [0.05, 0.1) is 16.8 Å². The summed E-state index contributed by atoms with van der Waals surface area (Å²) in [6.45, 7) is 5.57. The molecular weight excluding hydrogens is 396 g/mol. The third-order valence-electron chi connectivity index (χ3n) is 4.65. The third-order valence-corrected chi connectivity index (χ3v) is 5.86. The second-order valence-corrected chi connectivity index (χ2v) is 8.04. The summed E-state index contributed by atoms with van der Waals surface area (Å²) < 4.78 is 0. The molecule has 0 saturated heterocycles. The molecule has 150 valence electrons. The summed E-state index contributed by atoms with van der Waals surface area (Å²) >= 11 is 1.29. The van der Waals surface area contributed by atoms with Crippen molar-refractivity contribution in [3.05, 3.63) is 82.0 Å². The van der Waals surface area contributed by atoms with Crippen LogP contribution >= 0.6 is 11.3 Å². The number of amides is 2. The van der Waals surface area contributed by atoms with Crippen molar-refractivity contribution >= 4 is 34.1 Å². The molecule has 0 fully saturated rings. The molecule has 2 aromatic carbocycles. The molecule has 0 spiro atoms. The Balaban J connectivity index is 1.54. The maximum Gasteiger partial charge on any atom is 0.281 e. The minimum absolute atomic E-state index is 0.394. The molecule has 4 aromatic rings. The van der Waals surface area contributed by atoms with Crippen molar-refractivity contribution in [2.75, 3.05) is 0 Å². The molecule has 2 amide bonds. The molecule has 0 saturated carbocycles. The zero-order valence-electron chi connectivity index (χ0n) is 16.8. The number of nitrogens with zero attached hydrogens (tertiary/aromatic N) is 2. The SMILES string of the molecule is Cc1ccc2nc(C)cc(C(=O)NNC(=O)c3sc(-c4ccccc4)nc3C)c2c1. The molecule has 2 N–H and O–H groups in total. The summed E-state index contributed by atoms with van der Waals surface area (Å²) in [7, 11) is 0. The molecule has 2 heterocycles. The first-order chi connectivity index (χ1) is 14.4. The second kappa shape index (κ2) is 8.04. The van der Waals surface area contributed by atoms with Gasteiger partial charge in [0.25, 0.3) is 11.8 Å². The van der Waals surface area contributed by atoms with Crippen LogP contribution in [0.1, 0.15) is 37.0 Å². The Morgan fingerprint density at radius 3 is 2.37 bits per heavy atom. The highest BCUT2D eigenvalue weighted by atomic mass is 32.1. The van der Waals surface area contributed by atoms with E-state index in [1.807, 2.05) is 62.4 Å². The normalized spacial score (nSPS) is 10.8. The van der Waals surface area contributed by atoms with Crippen molar-refractivity contribution in [1.82, 2.24) is 20.8 Å². The molecule has 6 nitrogen and oxygen atoms in total. The number of carbonyl (C=O) groups excluding carboxylic acids is 2. The molecule has 0 aliphatic heterocycles. The lowest BCUT2D eigenvalue weighted by molar-refractivity contribution is 0.0849. The van der Waals surface area contributed by atoms with Crippen molar-refractivity contribution < 1.29 is 9.59 Å². The molecule has 7 heteroatoms. The second-order valence-electron chi connectivity index (χ2n) is 7.04. The van der Waals surface area contributed by atoms with Crippen molar-refractivity contribution in [2.24, 2.45) is 0 Å². The average Bonchev–Trinajstić information content (AvgIpc) is 3.14. The largest absolute Gasteiger partial charge is 0.281 e. The summed E-state index contributed by atoms with van der Waals surface area (Å²) in [5.41, 5.74) is 9.56. The van der Waals surface area contributed by atoms with E-state index in [0.29, 0.717) is 16.1 Å². The lowest BCUT2D eigenvalue weighted by Crippen LogP contribution is -2.41. The zero-order valence-corrected chi connectivity index (χ0v) is 17.6. The number of benzene rings is 2. The Morgan fingerprint density at radius 2 is 1.60 bits per heavy atom. The van der Waals surface area contributed by atoms with Crippen molar-refractivity contribution in [3.8, 4) is 10.6 Å².